The van der Waals surface area contributed by atoms with E-state index in [0.29, 0.717) is 29.4 Å². The van der Waals surface area contributed by atoms with Crippen molar-refractivity contribution >= 4 is 23.5 Å². The first kappa shape index (κ1) is 22.5. The Labute approximate surface area is 183 Å². The summed E-state index contributed by atoms with van der Waals surface area (Å²) in [5.41, 5.74) is 0.609. The van der Waals surface area contributed by atoms with Crippen LogP contribution in [0.15, 0.2) is 43.0 Å². The molecule has 31 heavy (non-hydrogen) atoms. The number of hydrogen-bond acceptors (Lipinski definition) is 6. The lowest BCUT2D eigenvalue weighted by Gasteiger charge is -2.29. The molecule has 1 atom stereocenters. The van der Waals surface area contributed by atoms with Gasteiger partial charge in [0.15, 0.2) is 0 Å². The van der Waals surface area contributed by atoms with Crippen molar-refractivity contribution in [1.29, 1.82) is 0 Å². The summed E-state index contributed by atoms with van der Waals surface area (Å²) >= 11 is 6.13. The number of anilines is 1. The Morgan fingerprint density at radius 1 is 1.26 bits per heavy atom. The van der Waals surface area contributed by atoms with Crippen molar-refractivity contribution in [3.8, 4) is 5.69 Å². The third-order valence-corrected chi connectivity index (χ3v) is 4.91. The molecule has 11 heteroatoms. The summed E-state index contributed by atoms with van der Waals surface area (Å²) in [7, 11) is 0. The van der Waals surface area contributed by atoms with Crippen LogP contribution < -0.4 is 5.32 Å². The Kier molecular flexibility index (Phi) is 6.79. The van der Waals surface area contributed by atoms with Gasteiger partial charge in [0, 0.05) is 43.5 Å². The van der Waals surface area contributed by atoms with Crippen molar-refractivity contribution < 1.29 is 13.6 Å². The van der Waals surface area contributed by atoms with Crippen LogP contribution in [0.1, 0.15) is 36.7 Å². The maximum atomic E-state index is 13.3. The number of nitrogens with one attached hydrogen (secondary N) is 1. The molecule has 0 fully saturated rings. The molecule has 1 amide bonds. The van der Waals surface area contributed by atoms with E-state index in [1.807, 2.05) is 13.8 Å². The molecule has 1 N–H and O–H groups in total. The van der Waals surface area contributed by atoms with Crippen LogP contribution in [0.25, 0.3) is 5.69 Å². The molecule has 0 unspecified atom stereocenters. The second-order valence-corrected chi connectivity index (χ2v) is 7.42. The fourth-order valence-corrected chi connectivity index (χ4v) is 3.17. The Morgan fingerprint density at radius 2 is 1.90 bits per heavy atom. The zero-order chi connectivity index (χ0) is 22.6. The van der Waals surface area contributed by atoms with Crippen molar-refractivity contribution in [2.24, 2.45) is 0 Å². The smallest absolute Gasteiger partial charge is 0.273 e. The Balaban J connectivity index is 1.74. The van der Waals surface area contributed by atoms with Gasteiger partial charge in [0.2, 0.25) is 5.95 Å². The number of rotatable bonds is 8. The van der Waals surface area contributed by atoms with E-state index < -0.39 is 5.92 Å². The van der Waals surface area contributed by atoms with Gasteiger partial charge in [0.05, 0.1) is 29.2 Å². The third-order valence-electron chi connectivity index (χ3n) is 4.67. The Morgan fingerprint density at radius 3 is 2.48 bits per heavy atom. The van der Waals surface area contributed by atoms with Crippen LogP contribution in [0, 0.1) is 0 Å². The average Bonchev–Trinajstić information content (AvgIpc) is 3.27. The minimum atomic E-state index is -3.00. The quantitative estimate of drug-likeness (QED) is 0.563. The molecule has 1 aromatic carbocycles. The maximum Gasteiger partial charge on any atom is 0.273 e. The molecule has 8 nitrogen and oxygen atoms in total. The SMILES string of the molecule is CCN(C(=O)c1cc(Cl)ccc1-n1nccn1)[C@@H](C)CNc1ncc(C(C)(F)F)cn1. The van der Waals surface area contributed by atoms with Crippen molar-refractivity contribution in [1.82, 2.24) is 29.9 Å². The molecule has 0 aliphatic heterocycles. The van der Waals surface area contributed by atoms with Crippen LogP contribution in [-0.2, 0) is 5.92 Å². The lowest BCUT2D eigenvalue weighted by atomic mass is 10.1. The van der Waals surface area contributed by atoms with Crippen LogP contribution in [-0.4, -0.2) is 54.9 Å². The monoisotopic (exact) mass is 449 g/mol. The van der Waals surface area contributed by atoms with E-state index in [0.717, 1.165) is 19.3 Å². The van der Waals surface area contributed by atoms with Gasteiger partial charge in [-0.05, 0) is 32.0 Å². The number of aromatic nitrogens is 5. The van der Waals surface area contributed by atoms with Crippen LogP contribution in [0.5, 0.6) is 0 Å². The molecule has 0 saturated heterocycles. The predicted octanol–water partition coefficient (Wildman–Crippen LogP) is 3.79. The number of amides is 1. The standard InChI is InChI=1S/C20H22ClF2N7O/c1-4-29(13(2)10-24-19-25-11-14(12-26-19)20(3,22)23)18(31)16-9-15(21)5-6-17(16)30-27-7-8-28-30/h5-9,11-13H,4,10H2,1-3H3,(H,24,25,26)/t13-/m0/s1. The van der Waals surface area contributed by atoms with Crippen molar-refractivity contribution in [2.45, 2.75) is 32.7 Å². The van der Waals surface area contributed by atoms with E-state index in [2.05, 4.69) is 25.5 Å². The molecule has 0 bridgehead atoms. The molecule has 0 aliphatic rings. The normalized spacial score (nSPS) is 12.5. The van der Waals surface area contributed by atoms with Gasteiger partial charge in [-0.3, -0.25) is 4.79 Å². The highest BCUT2D eigenvalue weighted by Crippen LogP contribution is 2.25. The lowest BCUT2D eigenvalue weighted by Crippen LogP contribution is -2.42. The van der Waals surface area contributed by atoms with Crippen molar-refractivity contribution in [3.63, 3.8) is 0 Å². The summed E-state index contributed by atoms with van der Waals surface area (Å²) in [4.78, 5) is 24.2. The van der Waals surface area contributed by atoms with E-state index in [1.165, 1.54) is 17.2 Å². The minimum absolute atomic E-state index is 0.201. The van der Waals surface area contributed by atoms with Crippen LogP contribution >= 0.6 is 11.6 Å². The average molecular weight is 450 g/mol. The first-order valence-corrected chi connectivity index (χ1v) is 10.00. The van der Waals surface area contributed by atoms with E-state index in [4.69, 9.17) is 11.6 Å². The summed E-state index contributed by atoms with van der Waals surface area (Å²) in [5.74, 6) is -3.05. The first-order valence-electron chi connectivity index (χ1n) is 9.62. The first-order chi connectivity index (χ1) is 14.7. The topological polar surface area (TPSA) is 88.8 Å². The third kappa shape index (κ3) is 5.32. The maximum absolute atomic E-state index is 13.3. The summed E-state index contributed by atoms with van der Waals surface area (Å²) in [6, 6.07) is 4.67. The van der Waals surface area contributed by atoms with E-state index in [-0.39, 0.29) is 23.5 Å². The van der Waals surface area contributed by atoms with Gasteiger partial charge in [0.1, 0.15) is 0 Å². The molecule has 0 spiro atoms. The van der Waals surface area contributed by atoms with Crippen LogP contribution in [0.2, 0.25) is 5.02 Å². The zero-order valence-corrected chi connectivity index (χ0v) is 18.0. The van der Waals surface area contributed by atoms with E-state index >= 15 is 0 Å². The second kappa shape index (κ2) is 9.34. The van der Waals surface area contributed by atoms with Gasteiger partial charge in [-0.25, -0.2) is 18.7 Å². The van der Waals surface area contributed by atoms with Gasteiger partial charge in [0.25, 0.3) is 11.8 Å². The molecule has 2 heterocycles. The molecular weight excluding hydrogens is 428 g/mol. The number of carbonyl (C=O) groups is 1. The predicted molar refractivity (Wildman–Crippen MR) is 113 cm³/mol. The van der Waals surface area contributed by atoms with Crippen molar-refractivity contribution in [3.05, 3.63) is 59.1 Å². The van der Waals surface area contributed by atoms with E-state index in [9.17, 15) is 13.6 Å². The van der Waals surface area contributed by atoms with Crippen LogP contribution in [0.4, 0.5) is 14.7 Å². The van der Waals surface area contributed by atoms with Gasteiger partial charge >= 0.3 is 0 Å². The number of benzene rings is 1. The van der Waals surface area contributed by atoms with Gasteiger partial charge in [-0.2, -0.15) is 15.0 Å². The lowest BCUT2D eigenvalue weighted by molar-refractivity contribution is 0.0167. The van der Waals surface area contributed by atoms with Gasteiger partial charge < -0.3 is 10.2 Å². The summed E-state index contributed by atoms with van der Waals surface area (Å²) in [5, 5.41) is 11.6. The molecule has 2 aromatic heterocycles. The molecule has 0 aliphatic carbocycles. The molecule has 3 aromatic rings. The number of nitrogens with zero attached hydrogens (tertiary/aromatic N) is 6. The second-order valence-electron chi connectivity index (χ2n) is 6.98. The van der Waals surface area contributed by atoms with E-state index in [1.54, 1.807) is 23.1 Å². The fraction of sp³-hybridized carbons (Fsp3) is 0.350. The van der Waals surface area contributed by atoms with Gasteiger partial charge in [-0.15, -0.1) is 0 Å². The Bertz CT molecular complexity index is 1020. The highest BCUT2D eigenvalue weighted by molar-refractivity contribution is 6.31. The largest absolute Gasteiger partial charge is 0.352 e. The van der Waals surface area contributed by atoms with Crippen LogP contribution in [0.3, 0.4) is 0 Å². The molecule has 0 radical (unpaired) electrons. The molecular formula is C20H22ClF2N7O. The number of alkyl halides is 2. The van der Waals surface area contributed by atoms with Crippen molar-refractivity contribution in [2.75, 3.05) is 18.4 Å². The molecule has 0 saturated carbocycles. The number of hydrogen-bond donors (Lipinski definition) is 1. The Hall–Kier alpha value is -3.14. The highest BCUT2D eigenvalue weighted by Gasteiger charge is 2.26. The minimum Gasteiger partial charge on any atom is -0.352 e. The highest BCUT2D eigenvalue weighted by atomic mass is 35.5. The zero-order valence-electron chi connectivity index (χ0n) is 17.3. The number of likely N-dealkylation sites (N-methyl/N-ethyl adjacent to an activating group) is 1. The number of halogens is 3. The van der Waals surface area contributed by atoms with Gasteiger partial charge in [-0.1, -0.05) is 11.6 Å². The summed E-state index contributed by atoms with van der Waals surface area (Å²) < 4.78 is 26.6. The molecule has 164 valence electrons. The molecule has 3 rings (SSSR count). The fourth-order valence-electron chi connectivity index (χ4n) is 3.00. The number of carbonyl (C=O) groups excluding carboxylic acids is 1. The summed E-state index contributed by atoms with van der Waals surface area (Å²) in [6.07, 6.45) is 5.20. The summed E-state index contributed by atoms with van der Waals surface area (Å²) in [6.45, 7) is 5.26.